The SMILES string of the molecule is CCn1c(=O)n(CC)c2cc(-c3cn(CC(=O)N4CCN(C(=O)OC(C)(C)C)CC4)nc3-c3cccc(C)c3)ccc21. The second kappa shape index (κ2) is 11.5. The fourth-order valence-corrected chi connectivity index (χ4v) is 5.52. The van der Waals surface area contributed by atoms with Crippen molar-refractivity contribution in [1.29, 1.82) is 0 Å². The molecule has 1 aliphatic heterocycles. The standard InChI is InChI=1S/C32H40N6O4/c1-7-37-26-13-12-23(19-27(26)38(8-2)30(37)40)25-20-36(33-29(25)24-11-9-10-22(3)18-24)21-28(39)34-14-16-35(17-15-34)31(41)42-32(4,5)6/h9-13,18-20H,7-8,14-17,21H2,1-6H3. The minimum absolute atomic E-state index is 0.0147. The predicted octanol–water partition coefficient (Wildman–Crippen LogP) is 4.76. The summed E-state index contributed by atoms with van der Waals surface area (Å²) in [7, 11) is 0. The lowest BCUT2D eigenvalue weighted by molar-refractivity contribution is -0.133. The Morgan fingerprint density at radius 1 is 0.881 bits per heavy atom. The van der Waals surface area contributed by atoms with Crippen molar-refractivity contribution in [2.45, 2.75) is 66.8 Å². The van der Waals surface area contributed by atoms with Gasteiger partial charge in [0.05, 0.1) is 11.0 Å². The van der Waals surface area contributed by atoms with E-state index in [0.717, 1.165) is 39.0 Å². The van der Waals surface area contributed by atoms with Crippen molar-refractivity contribution in [3.63, 3.8) is 0 Å². The zero-order valence-corrected chi connectivity index (χ0v) is 25.4. The van der Waals surface area contributed by atoms with E-state index in [9.17, 15) is 14.4 Å². The number of nitrogens with zero attached hydrogens (tertiary/aromatic N) is 6. The predicted molar refractivity (Wildman–Crippen MR) is 163 cm³/mol. The number of piperazine rings is 1. The first kappa shape index (κ1) is 29.2. The molecule has 2 aromatic heterocycles. The van der Waals surface area contributed by atoms with Crippen LogP contribution in [0.1, 0.15) is 40.2 Å². The van der Waals surface area contributed by atoms with Crippen molar-refractivity contribution >= 4 is 23.0 Å². The van der Waals surface area contributed by atoms with Crippen molar-refractivity contribution < 1.29 is 14.3 Å². The molecule has 0 aliphatic carbocycles. The first-order valence-electron chi connectivity index (χ1n) is 14.6. The lowest BCUT2D eigenvalue weighted by Gasteiger charge is -2.35. The third-order valence-corrected chi connectivity index (χ3v) is 7.60. The zero-order chi connectivity index (χ0) is 30.2. The van der Waals surface area contributed by atoms with Gasteiger partial charge in [0.25, 0.3) is 0 Å². The average Bonchev–Trinajstić information content (AvgIpc) is 3.49. The van der Waals surface area contributed by atoms with E-state index in [-0.39, 0.29) is 24.2 Å². The van der Waals surface area contributed by atoms with Crippen molar-refractivity contribution in [1.82, 2.24) is 28.7 Å². The molecule has 0 radical (unpaired) electrons. The average molecular weight is 573 g/mol. The van der Waals surface area contributed by atoms with E-state index in [2.05, 4.69) is 6.07 Å². The Labute approximate surface area is 246 Å². The van der Waals surface area contributed by atoms with Gasteiger partial charge in [-0.2, -0.15) is 5.10 Å². The molecule has 2 aromatic carbocycles. The van der Waals surface area contributed by atoms with E-state index < -0.39 is 5.60 Å². The first-order chi connectivity index (χ1) is 20.0. The minimum Gasteiger partial charge on any atom is -0.444 e. The number of fused-ring (bicyclic) bond motifs is 1. The molecule has 10 heteroatoms. The molecule has 1 saturated heterocycles. The maximum atomic E-state index is 13.3. The second-order valence-corrected chi connectivity index (χ2v) is 11.8. The van der Waals surface area contributed by atoms with Gasteiger partial charge in [0.1, 0.15) is 17.8 Å². The topological polar surface area (TPSA) is 94.6 Å². The molecule has 1 aliphatic rings. The van der Waals surface area contributed by atoms with E-state index in [1.165, 1.54) is 0 Å². The quantitative estimate of drug-likeness (QED) is 0.332. The van der Waals surface area contributed by atoms with Gasteiger partial charge in [0.2, 0.25) is 5.91 Å². The van der Waals surface area contributed by atoms with Crippen LogP contribution >= 0.6 is 0 Å². The molecule has 0 N–H and O–H groups in total. The molecule has 10 nitrogen and oxygen atoms in total. The highest BCUT2D eigenvalue weighted by Gasteiger charge is 2.28. The van der Waals surface area contributed by atoms with Crippen molar-refractivity contribution in [2.75, 3.05) is 26.2 Å². The Bertz CT molecular complexity index is 1680. The number of carbonyl (C=O) groups excluding carboxylic acids is 2. The summed E-state index contributed by atoms with van der Waals surface area (Å²) in [5, 5.41) is 4.89. The van der Waals surface area contributed by atoms with E-state index in [4.69, 9.17) is 9.84 Å². The molecular formula is C32H40N6O4. The number of amides is 2. The molecule has 0 spiro atoms. The summed E-state index contributed by atoms with van der Waals surface area (Å²) >= 11 is 0. The Morgan fingerprint density at radius 3 is 2.19 bits per heavy atom. The van der Waals surface area contributed by atoms with Crippen molar-refractivity contribution in [3.05, 3.63) is 64.7 Å². The Kier molecular flexibility index (Phi) is 7.99. The van der Waals surface area contributed by atoms with E-state index in [1.807, 2.05) is 84.1 Å². The molecule has 1 fully saturated rings. The highest BCUT2D eigenvalue weighted by Crippen LogP contribution is 2.33. The molecule has 0 bridgehead atoms. The first-order valence-corrected chi connectivity index (χ1v) is 14.6. The summed E-state index contributed by atoms with van der Waals surface area (Å²) in [4.78, 5) is 42.2. The normalized spacial score (nSPS) is 14.0. The number of ether oxygens (including phenoxy) is 1. The molecule has 2 amide bonds. The Balaban J connectivity index is 1.43. The van der Waals surface area contributed by atoms with Gasteiger partial charge < -0.3 is 14.5 Å². The molecule has 0 saturated carbocycles. The smallest absolute Gasteiger partial charge is 0.410 e. The van der Waals surface area contributed by atoms with E-state index in [0.29, 0.717) is 39.3 Å². The van der Waals surface area contributed by atoms with Gasteiger partial charge in [-0.3, -0.25) is 18.6 Å². The largest absolute Gasteiger partial charge is 0.444 e. The van der Waals surface area contributed by atoms with E-state index >= 15 is 0 Å². The Hall–Kier alpha value is -4.34. The minimum atomic E-state index is -0.560. The van der Waals surface area contributed by atoms with E-state index in [1.54, 1.807) is 23.6 Å². The number of hydrogen-bond acceptors (Lipinski definition) is 5. The summed E-state index contributed by atoms with van der Waals surface area (Å²) < 4.78 is 10.8. The molecule has 0 unspecified atom stereocenters. The monoisotopic (exact) mass is 572 g/mol. The third kappa shape index (κ3) is 5.84. The lowest BCUT2D eigenvalue weighted by atomic mass is 10.0. The van der Waals surface area contributed by atoms with Crippen LogP contribution in [0.15, 0.2) is 53.5 Å². The van der Waals surface area contributed by atoms with Gasteiger partial charge in [-0.05, 0) is 65.3 Å². The van der Waals surface area contributed by atoms with Crippen LogP contribution in [0.3, 0.4) is 0 Å². The van der Waals surface area contributed by atoms with Gasteiger partial charge in [0, 0.05) is 56.6 Å². The summed E-state index contributed by atoms with van der Waals surface area (Å²) in [6.07, 6.45) is 1.56. The molecule has 0 atom stereocenters. The van der Waals surface area contributed by atoms with Crippen LogP contribution in [0.4, 0.5) is 4.79 Å². The van der Waals surface area contributed by atoms with Crippen LogP contribution < -0.4 is 5.69 Å². The van der Waals surface area contributed by atoms with Crippen molar-refractivity contribution in [2.24, 2.45) is 0 Å². The molecule has 42 heavy (non-hydrogen) atoms. The maximum absolute atomic E-state index is 13.3. The number of hydrogen-bond donors (Lipinski definition) is 0. The number of rotatable bonds is 6. The number of aromatic nitrogens is 4. The number of benzene rings is 2. The summed E-state index contributed by atoms with van der Waals surface area (Å²) in [5.41, 5.74) is 5.88. The summed E-state index contributed by atoms with van der Waals surface area (Å²) in [6, 6.07) is 14.2. The van der Waals surface area contributed by atoms with Gasteiger partial charge >= 0.3 is 11.8 Å². The molecule has 222 valence electrons. The zero-order valence-electron chi connectivity index (χ0n) is 25.4. The van der Waals surface area contributed by atoms with Gasteiger partial charge in [-0.25, -0.2) is 9.59 Å². The maximum Gasteiger partial charge on any atom is 0.410 e. The highest BCUT2D eigenvalue weighted by molar-refractivity contribution is 5.88. The van der Waals surface area contributed by atoms with Crippen molar-refractivity contribution in [3.8, 4) is 22.4 Å². The van der Waals surface area contributed by atoms with Crippen LogP contribution in [0.2, 0.25) is 0 Å². The molecule has 3 heterocycles. The van der Waals surface area contributed by atoms with Crippen LogP contribution in [-0.4, -0.2) is 72.5 Å². The molecule has 5 rings (SSSR count). The lowest BCUT2D eigenvalue weighted by Crippen LogP contribution is -2.52. The van der Waals surface area contributed by atoms with Crippen LogP contribution in [-0.2, 0) is 29.2 Å². The highest BCUT2D eigenvalue weighted by atomic mass is 16.6. The second-order valence-electron chi connectivity index (χ2n) is 11.8. The van der Waals surface area contributed by atoms with Gasteiger partial charge in [-0.15, -0.1) is 0 Å². The molecular weight excluding hydrogens is 532 g/mol. The fraction of sp³-hybridized carbons (Fsp3) is 0.438. The van der Waals surface area contributed by atoms with Crippen LogP contribution in [0.5, 0.6) is 0 Å². The van der Waals surface area contributed by atoms with Crippen LogP contribution in [0.25, 0.3) is 33.4 Å². The fourth-order valence-electron chi connectivity index (χ4n) is 5.52. The van der Waals surface area contributed by atoms with Crippen LogP contribution in [0, 0.1) is 6.92 Å². The number of carbonyl (C=O) groups is 2. The summed E-state index contributed by atoms with van der Waals surface area (Å²) in [5.74, 6) is -0.0565. The summed E-state index contributed by atoms with van der Waals surface area (Å²) in [6.45, 7) is 14.5. The van der Waals surface area contributed by atoms with Gasteiger partial charge in [-0.1, -0.05) is 29.8 Å². The number of imidazole rings is 1. The third-order valence-electron chi connectivity index (χ3n) is 7.60. The van der Waals surface area contributed by atoms with Gasteiger partial charge in [0.15, 0.2) is 0 Å². The number of aryl methyl sites for hydroxylation is 3. The molecule has 4 aromatic rings. The Morgan fingerprint density at radius 2 is 1.55 bits per heavy atom.